The van der Waals surface area contributed by atoms with Crippen LogP contribution in [0.4, 0.5) is 18.9 Å². The normalized spacial score (nSPS) is 11.2. The van der Waals surface area contributed by atoms with Gasteiger partial charge in [0.05, 0.1) is 12.7 Å². The molecule has 30 heavy (non-hydrogen) atoms. The number of alkyl halides is 3. The number of halogens is 3. The molecule has 1 amide bonds. The van der Waals surface area contributed by atoms with E-state index >= 15 is 0 Å². The van der Waals surface area contributed by atoms with Crippen LogP contribution in [0.3, 0.4) is 0 Å². The molecule has 6 nitrogen and oxygen atoms in total. The maximum Gasteiger partial charge on any atom is 0.416 e. The number of hydrogen-bond acceptors (Lipinski definition) is 5. The highest BCUT2D eigenvalue weighted by molar-refractivity contribution is 5.92. The summed E-state index contributed by atoms with van der Waals surface area (Å²) in [5, 5.41) is 2.34. The maximum atomic E-state index is 12.5. The van der Waals surface area contributed by atoms with Crippen molar-refractivity contribution in [3.05, 3.63) is 59.7 Å². The molecule has 9 heteroatoms. The summed E-state index contributed by atoms with van der Waals surface area (Å²) >= 11 is 0. The Bertz CT molecular complexity index is 908. The molecule has 0 atom stereocenters. The van der Waals surface area contributed by atoms with E-state index in [9.17, 15) is 22.8 Å². The molecule has 0 spiro atoms. The third kappa shape index (κ3) is 6.84. The van der Waals surface area contributed by atoms with Crippen molar-refractivity contribution >= 4 is 23.6 Å². The quantitative estimate of drug-likeness (QED) is 0.641. The SMILES string of the molecule is C/C=C/c1ccc(OCC(=O)OCC(=O)Nc2ccc(C(F)(F)F)cc2)c(OC)c1. The maximum absolute atomic E-state index is 12.5. The van der Waals surface area contributed by atoms with Crippen molar-refractivity contribution in [1.29, 1.82) is 0 Å². The summed E-state index contributed by atoms with van der Waals surface area (Å²) in [6.45, 7) is 0.814. The molecule has 0 aliphatic heterocycles. The van der Waals surface area contributed by atoms with Crippen LogP contribution >= 0.6 is 0 Å². The molecule has 0 bridgehead atoms. The second kappa shape index (κ2) is 10.3. The van der Waals surface area contributed by atoms with Gasteiger partial charge in [-0.1, -0.05) is 18.2 Å². The van der Waals surface area contributed by atoms with Crippen LogP contribution in [0.1, 0.15) is 18.1 Å². The summed E-state index contributed by atoms with van der Waals surface area (Å²) in [6, 6.07) is 9.04. The first-order chi connectivity index (χ1) is 14.2. The molecule has 0 saturated carbocycles. The molecule has 0 heterocycles. The fourth-order valence-corrected chi connectivity index (χ4v) is 2.36. The second-order valence-corrected chi connectivity index (χ2v) is 5.98. The van der Waals surface area contributed by atoms with Crippen molar-refractivity contribution in [2.75, 3.05) is 25.6 Å². The fourth-order valence-electron chi connectivity index (χ4n) is 2.36. The second-order valence-electron chi connectivity index (χ2n) is 5.98. The third-order valence-electron chi connectivity index (χ3n) is 3.75. The molecule has 2 rings (SSSR count). The molecule has 0 unspecified atom stereocenters. The first kappa shape index (κ1) is 22.8. The van der Waals surface area contributed by atoms with Crippen molar-refractivity contribution in [3.63, 3.8) is 0 Å². The Morgan fingerprint density at radius 1 is 1.03 bits per heavy atom. The van der Waals surface area contributed by atoms with E-state index in [0.29, 0.717) is 11.5 Å². The van der Waals surface area contributed by atoms with Crippen molar-refractivity contribution in [2.45, 2.75) is 13.1 Å². The van der Waals surface area contributed by atoms with Gasteiger partial charge in [0.2, 0.25) is 0 Å². The lowest BCUT2D eigenvalue weighted by atomic mass is 10.2. The van der Waals surface area contributed by atoms with Gasteiger partial charge in [0.25, 0.3) is 5.91 Å². The number of carbonyl (C=O) groups excluding carboxylic acids is 2. The molecular formula is C21H20F3NO5. The van der Waals surface area contributed by atoms with E-state index in [4.69, 9.17) is 14.2 Å². The molecule has 0 aliphatic rings. The van der Waals surface area contributed by atoms with E-state index in [1.54, 1.807) is 18.2 Å². The zero-order valence-corrected chi connectivity index (χ0v) is 16.3. The van der Waals surface area contributed by atoms with Gasteiger partial charge in [-0.3, -0.25) is 4.79 Å². The molecule has 1 N–H and O–H groups in total. The Morgan fingerprint density at radius 2 is 1.73 bits per heavy atom. The van der Waals surface area contributed by atoms with Gasteiger partial charge in [-0.25, -0.2) is 4.79 Å². The summed E-state index contributed by atoms with van der Waals surface area (Å²) in [7, 11) is 1.46. The van der Waals surface area contributed by atoms with Gasteiger partial charge in [0.15, 0.2) is 24.7 Å². The minimum Gasteiger partial charge on any atom is -0.493 e. The lowest BCUT2D eigenvalue weighted by molar-refractivity contribution is -0.149. The number of allylic oxidation sites excluding steroid dienone is 1. The number of amides is 1. The monoisotopic (exact) mass is 423 g/mol. The van der Waals surface area contributed by atoms with Crippen LogP contribution in [0.2, 0.25) is 0 Å². The van der Waals surface area contributed by atoms with Crippen LogP contribution in [-0.2, 0) is 20.5 Å². The number of rotatable bonds is 8. The van der Waals surface area contributed by atoms with Crippen LogP contribution in [0.5, 0.6) is 11.5 Å². The molecule has 0 fully saturated rings. The molecule has 160 valence electrons. The van der Waals surface area contributed by atoms with E-state index in [2.05, 4.69) is 5.32 Å². The fraction of sp³-hybridized carbons (Fsp3) is 0.238. The molecule has 0 aliphatic carbocycles. The van der Waals surface area contributed by atoms with Crippen LogP contribution in [0, 0.1) is 0 Å². The lowest BCUT2D eigenvalue weighted by Gasteiger charge is -2.11. The van der Waals surface area contributed by atoms with Gasteiger partial charge < -0.3 is 19.5 Å². The van der Waals surface area contributed by atoms with Crippen LogP contribution < -0.4 is 14.8 Å². The highest BCUT2D eigenvalue weighted by Gasteiger charge is 2.30. The van der Waals surface area contributed by atoms with E-state index in [1.165, 1.54) is 7.11 Å². The number of nitrogens with one attached hydrogen (secondary N) is 1. The van der Waals surface area contributed by atoms with Gasteiger partial charge in [0, 0.05) is 5.69 Å². The number of benzene rings is 2. The predicted molar refractivity (Wildman–Crippen MR) is 104 cm³/mol. The molecule has 2 aromatic carbocycles. The van der Waals surface area contributed by atoms with Gasteiger partial charge in [-0.15, -0.1) is 0 Å². The number of hydrogen-bond donors (Lipinski definition) is 1. The summed E-state index contributed by atoms with van der Waals surface area (Å²) in [4.78, 5) is 23.6. The Morgan fingerprint density at radius 3 is 2.33 bits per heavy atom. The van der Waals surface area contributed by atoms with E-state index in [1.807, 2.05) is 19.1 Å². The van der Waals surface area contributed by atoms with Crippen molar-refractivity contribution in [3.8, 4) is 11.5 Å². The number of ether oxygens (including phenoxy) is 3. The minimum absolute atomic E-state index is 0.145. The van der Waals surface area contributed by atoms with Gasteiger partial charge in [-0.2, -0.15) is 13.2 Å². The van der Waals surface area contributed by atoms with Gasteiger partial charge in [-0.05, 0) is 48.9 Å². The Labute approximate surface area is 171 Å². The smallest absolute Gasteiger partial charge is 0.416 e. The Balaban J connectivity index is 1.81. The molecule has 0 aromatic heterocycles. The first-order valence-corrected chi connectivity index (χ1v) is 8.79. The zero-order valence-electron chi connectivity index (χ0n) is 16.3. The number of esters is 1. The topological polar surface area (TPSA) is 73.9 Å². The molecule has 2 aromatic rings. The number of anilines is 1. The lowest BCUT2D eigenvalue weighted by Crippen LogP contribution is -2.23. The van der Waals surface area contributed by atoms with Gasteiger partial charge in [0.1, 0.15) is 0 Å². The van der Waals surface area contributed by atoms with Gasteiger partial charge >= 0.3 is 12.1 Å². The predicted octanol–water partition coefficient (Wildman–Crippen LogP) is 4.31. The van der Waals surface area contributed by atoms with E-state index < -0.39 is 36.8 Å². The molecular weight excluding hydrogens is 403 g/mol. The average molecular weight is 423 g/mol. The Kier molecular flexibility index (Phi) is 7.85. The first-order valence-electron chi connectivity index (χ1n) is 8.79. The molecule has 0 radical (unpaired) electrons. The van der Waals surface area contributed by atoms with Crippen LogP contribution in [-0.4, -0.2) is 32.2 Å². The summed E-state index contributed by atoms with van der Waals surface area (Å²) in [5.41, 5.74) is 0.203. The Hall–Kier alpha value is -3.49. The minimum atomic E-state index is -4.46. The largest absolute Gasteiger partial charge is 0.493 e. The van der Waals surface area contributed by atoms with Crippen molar-refractivity contribution in [2.24, 2.45) is 0 Å². The van der Waals surface area contributed by atoms with E-state index in [0.717, 1.165) is 29.8 Å². The zero-order chi connectivity index (χ0) is 22.1. The highest BCUT2D eigenvalue weighted by atomic mass is 19.4. The summed E-state index contributed by atoms with van der Waals surface area (Å²) < 4.78 is 52.9. The van der Waals surface area contributed by atoms with E-state index in [-0.39, 0.29) is 5.69 Å². The van der Waals surface area contributed by atoms with Crippen LogP contribution in [0.15, 0.2) is 48.5 Å². The highest BCUT2D eigenvalue weighted by Crippen LogP contribution is 2.30. The standard InChI is InChI=1S/C21H20F3NO5/c1-3-4-14-5-10-17(18(11-14)28-2)29-13-20(27)30-12-19(26)25-16-8-6-15(7-9-16)21(22,23)24/h3-11H,12-13H2,1-2H3,(H,25,26)/b4-3+. The average Bonchev–Trinajstić information content (AvgIpc) is 2.71. The van der Waals surface area contributed by atoms with Crippen molar-refractivity contribution in [1.82, 2.24) is 0 Å². The van der Waals surface area contributed by atoms with Crippen LogP contribution in [0.25, 0.3) is 6.08 Å². The number of methoxy groups -OCH3 is 1. The summed E-state index contributed by atoms with van der Waals surface area (Å²) in [5.74, 6) is -0.732. The third-order valence-corrected chi connectivity index (χ3v) is 3.75. The molecule has 0 saturated heterocycles. The number of carbonyl (C=O) groups is 2. The summed E-state index contributed by atoms with van der Waals surface area (Å²) in [6.07, 6.45) is -0.730. The van der Waals surface area contributed by atoms with Crippen molar-refractivity contribution < 1.29 is 37.0 Å².